The molecule has 7 nitrogen and oxygen atoms in total. The zero-order valence-electron chi connectivity index (χ0n) is 15.7. The molecule has 1 saturated heterocycles. The van der Waals surface area contributed by atoms with E-state index in [1.807, 2.05) is 6.92 Å². The van der Waals surface area contributed by atoms with Crippen molar-refractivity contribution in [1.82, 2.24) is 16.0 Å². The van der Waals surface area contributed by atoms with Crippen LogP contribution in [0.4, 0.5) is 0 Å². The highest BCUT2D eigenvalue weighted by Crippen LogP contribution is 2.24. The van der Waals surface area contributed by atoms with Crippen molar-refractivity contribution in [3.8, 4) is 5.75 Å². The maximum Gasteiger partial charge on any atom is 0.251 e. The third-order valence-electron chi connectivity index (χ3n) is 4.26. The number of phenols is 1. The topological polar surface area (TPSA) is 95.0 Å². The van der Waals surface area contributed by atoms with Gasteiger partial charge in [-0.1, -0.05) is 6.07 Å². The number of guanidine groups is 1. The fourth-order valence-electron chi connectivity index (χ4n) is 2.80. The van der Waals surface area contributed by atoms with Gasteiger partial charge in [0.15, 0.2) is 5.96 Å². The maximum absolute atomic E-state index is 12.0. The maximum atomic E-state index is 12.0. The van der Waals surface area contributed by atoms with Crippen LogP contribution in [0.1, 0.15) is 43.5 Å². The number of aliphatic imine (C=N–C) groups is 1. The molecule has 0 radical (unpaired) electrons. The molecule has 1 aromatic carbocycles. The van der Waals surface area contributed by atoms with Gasteiger partial charge in [0.1, 0.15) is 5.75 Å². The number of hydrogen-bond donors (Lipinski definition) is 4. The molecule has 0 aliphatic carbocycles. The van der Waals surface area contributed by atoms with Gasteiger partial charge in [-0.2, -0.15) is 0 Å². The Labute approximate surface area is 155 Å². The number of hydrogen-bond acceptors (Lipinski definition) is 4. The van der Waals surface area contributed by atoms with Gasteiger partial charge in [0.05, 0.1) is 12.1 Å². The second-order valence-corrected chi connectivity index (χ2v) is 6.68. The number of nitrogens with zero attached hydrogens (tertiary/aromatic N) is 1. The largest absolute Gasteiger partial charge is 0.508 e. The summed E-state index contributed by atoms with van der Waals surface area (Å²) in [5.74, 6) is 0.669. The molecule has 1 fully saturated rings. The number of ether oxygens (including phenoxy) is 1. The van der Waals surface area contributed by atoms with Crippen molar-refractivity contribution < 1.29 is 14.6 Å². The van der Waals surface area contributed by atoms with Crippen LogP contribution in [0.25, 0.3) is 0 Å². The van der Waals surface area contributed by atoms with Gasteiger partial charge in [-0.25, -0.2) is 0 Å². The predicted molar refractivity (Wildman–Crippen MR) is 103 cm³/mol. The molecule has 7 heteroatoms. The summed E-state index contributed by atoms with van der Waals surface area (Å²) in [7, 11) is 0. The number of benzene rings is 1. The average Bonchev–Trinajstić information content (AvgIpc) is 3.06. The third kappa shape index (κ3) is 6.55. The molecule has 1 aromatic rings. The number of rotatable bonds is 8. The fourth-order valence-corrected chi connectivity index (χ4v) is 2.80. The number of carbonyl (C=O) groups excluding carboxylic acids is 1. The van der Waals surface area contributed by atoms with E-state index in [-0.39, 0.29) is 17.3 Å². The highest BCUT2D eigenvalue weighted by molar-refractivity contribution is 5.94. The Hall–Kier alpha value is -2.28. The third-order valence-corrected chi connectivity index (χ3v) is 4.26. The van der Waals surface area contributed by atoms with Gasteiger partial charge in [-0.3, -0.25) is 9.79 Å². The summed E-state index contributed by atoms with van der Waals surface area (Å²) in [6, 6.07) is 6.32. The van der Waals surface area contributed by atoms with Gasteiger partial charge >= 0.3 is 0 Å². The number of phenolic OH excluding ortho intramolecular Hbond substituents is 1. The van der Waals surface area contributed by atoms with Crippen molar-refractivity contribution in [2.24, 2.45) is 4.99 Å². The Balaban J connectivity index is 1.69. The van der Waals surface area contributed by atoms with Crippen molar-refractivity contribution in [3.05, 3.63) is 29.8 Å². The molecule has 0 aromatic heterocycles. The first-order valence-electron chi connectivity index (χ1n) is 9.26. The van der Waals surface area contributed by atoms with Crippen LogP contribution in [0, 0.1) is 0 Å². The lowest BCUT2D eigenvalue weighted by Crippen LogP contribution is -2.40. The number of carbonyl (C=O) groups is 1. The molecular weight excluding hydrogens is 332 g/mol. The van der Waals surface area contributed by atoms with Crippen molar-refractivity contribution >= 4 is 11.9 Å². The second kappa shape index (κ2) is 10.0. The molecule has 1 atom stereocenters. The van der Waals surface area contributed by atoms with E-state index in [9.17, 15) is 9.90 Å². The standard InChI is InChI=1S/C19H30N4O3/c1-3-20-18(23-14-19(2)9-5-12-26-19)22-11-6-10-21-17(25)15-7-4-8-16(24)13-15/h4,7-8,13,24H,3,5-6,9-12,14H2,1-2H3,(H,21,25)(H2,20,22,23). The lowest BCUT2D eigenvalue weighted by molar-refractivity contribution is 0.0283. The van der Waals surface area contributed by atoms with Gasteiger partial charge in [0.25, 0.3) is 5.91 Å². The molecular formula is C19H30N4O3. The van der Waals surface area contributed by atoms with Gasteiger partial charge in [-0.05, 0) is 51.3 Å². The van der Waals surface area contributed by atoms with Gasteiger partial charge in [0, 0.05) is 31.8 Å². The Bertz CT molecular complexity index is 613. The van der Waals surface area contributed by atoms with Crippen LogP contribution in [-0.2, 0) is 4.74 Å². The first kappa shape index (κ1) is 20.0. The summed E-state index contributed by atoms with van der Waals surface area (Å²) >= 11 is 0. The molecule has 1 heterocycles. The average molecular weight is 362 g/mol. The highest BCUT2D eigenvalue weighted by atomic mass is 16.5. The van der Waals surface area contributed by atoms with Crippen molar-refractivity contribution in [2.75, 3.05) is 32.8 Å². The van der Waals surface area contributed by atoms with Gasteiger partial charge in [-0.15, -0.1) is 0 Å². The smallest absolute Gasteiger partial charge is 0.251 e. The summed E-state index contributed by atoms with van der Waals surface area (Å²) in [6.45, 7) is 7.61. The van der Waals surface area contributed by atoms with E-state index in [2.05, 4.69) is 27.9 Å². The minimum atomic E-state index is -0.187. The Morgan fingerprint density at radius 1 is 1.31 bits per heavy atom. The molecule has 2 rings (SSSR count). The molecule has 1 aliphatic heterocycles. The zero-order valence-corrected chi connectivity index (χ0v) is 15.7. The van der Waals surface area contributed by atoms with Crippen LogP contribution in [-0.4, -0.2) is 55.4 Å². The van der Waals surface area contributed by atoms with Crippen LogP contribution in [0.5, 0.6) is 5.75 Å². The van der Waals surface area contributed by atoms with Crippen molar-refractivity contribution in [1.29, 1.82) is 0 Å². The van der Waals surface area contributed by atoms with E-state index in [1.54, 1.807) is 18.2 Å². The first-order valence-corrected chi connectivity index (χ1v) is 9.26. The quantitative estimate of drug-likeness (QED) is 0.320. The lowest BCUT2D eigenvalue weighted by Gasteiger charge is -2.21. The van der Waals surface area contributed by atoms with Crippen LogP contribution < -0.4 is 16.0 Å². The minimum absolute atomic E-state index is 0.0887. The monoisotopic (exact) mass is 362 g/mol. The number of amides is 1. The lowest BCUT2D eigenvalue weighted by atomic mass is 10.0. The first-order chi connectivity index (χ1) is 12.5. The van der Waals surface area contributed by atoms with Gasteiger partial charge < -0.3 is 25.8 Å². The molecule has 1 aliphatic rings. The predicted octanol–water partition coefficient (Wildman–Crippen LogP) is 1.64. The highest BCUT2D eigenvalue weighted by Gasteiger charge is 2.29. The van der Waals surface area contributed by atoms with Crippen LogP contribution in [0.2, 0.25) is 0 Å². The normalized spacial score (nSPS) is 20.0. The van der Waals surface area contributed by atoms with E-state index < -0.39 is 0 Å². The Morgan fingerprint density at radius 3 is 2.81 bits per heavy atom. The van der Waals surface area contributed by atoms with Crippen molar-refractivity contribution in [2.45, 2.75) is 38.7 Å². The van der Waals surface area contributed by atoms with E-state index in [0.29, 0.717) is 25.2 Å². The van der Waals surface area contributed by atoms with Crippen molar-refractivity contribution in [3.63, 3.8) is 0 Å². The summed E-state index contributed by atoms with van der Waals surface area (Å²) < 4.78 is 5.76. The summed E-state index contributed by atoms with van der Waals surface area (Å²) in [6.07, 6.45) is 2.90. The summed E-state index contributed by atoms with van der Waals surface area (Å²) in [5.41, 5.74) is 0.301. The van der Waals surface area contributed by atoms with E-state index in [1.165, 1.54) is 6.07 Å². The van der Waals surface area contributed by atoms with Crippen LogP contribution >= 0.6 is 0 Å². The number of aromatic hydroxyl groups is 1. The molecule has 0 saturated carbocycles. The Morgan fingerprint density at radius 2 is 2.12 bits per heavy atom. The van der Waals surface area contributed by atoms with Crippen LogP contribution in [0.3, 0.4) is 0 Å². The van der Waals surface area contributed by atoms with E-state index >= 15 is 0 Å². The second-order valence-electron chi connectivity index (χ2n) is 6.68. The van der Waals surface area contributed by atoms with Crippen LogP contribution in [0.15, 0.2) is 29.3 Å². The molecule has 4 N–H and O–H groups in total. The number of nitrogens with one attached hydrogen (secondary N) is 3. The SMILES string of the molecule is CCNC(=NCC1(C)CCCO1)NCCCNC(=O)c1cccc(O)c1. The zero-order chi connectivity index (χ0) is 18.8. The fraction of sp³-hybridized carbons (Fsp3) is 0.579. The van der Waals surface area contributed by atoms with E-state index in [4.69, 9.17) is 4.74 Å². The molecule has 1 amide bonds. The molecule has 26 heavy (non-hydrogen) atoms. The van der Waals surface area contributed by atoms with E-state index in [0.717, 1.165) is 38.4 Å². The molecule has 144 valence electrons. The minimum Gasteiger partial charge on any atom is -0.508 e. The molecule has 0 spiro atoms. The Kier molecular flexibility index (Phi) is 7.72. The molecule has 1 unspecified atom stereocenters. The summed E-state index contributed by atoms with van der Waals surface area (Å²) in [5, 5.41) is 18.8. The van der Waals surface area contributed by atoms with Gasteiger partial charge in [0.2, 0.25) is 0 Å². The molecule has 0 bridgehead atoms. The summed E-state index contributed by atoms with van der Waals surface area (Å²) in [4.78, 5) is 16.6.